The number of benzene rings is 1. The fourth-order valence-corrected chi connectivity index (χ4v) is 1.39. The summed E-state index contributed by atoms with van der Waals surface area (Å²) in [5.74, 6) is -1.11. The molecule has 0 radical (unpaired) electrons. The fourth-order valence-electron chi connectivity index (χ4n) is 1.14. The zero-order valence-electron chi connectivity index (χ0n) is 7.51. The summed E-state index contributed by atoms with van der Waals surface area (Å²) < 4.78 is 11.6. The molecule has 1 aromatic rings. The number of anilines is 1. The summed E-state index contributed by atoms with van der Waals surface area (Å²) >= 11 is 5.68. The Morgan fingerprint density at radius 3 is 2.79 bits per heavy atom. The van der Waals surface area contributed by atoms with Crippen molar-refractivity contribution in [1.29, 1.82) is 0 Å². The topological polar surface area (TPSA) is 52.3 Å². The fraction of sp³-hybridized carbons (Fsp3) is 0.222. The minimum Gasteiger partial charge on any atom is -0.398 e. The van der Waals surface area contributed by atoms with E-state index < -0.39 is 5.97 Å². The zero-order chi connectivity index (χ0) is 10.7. The van der Waals surface area contributed by atoms with Crippen LogP contribution in [-0.2, 0) is 11.4 Å². The number of carbonyl (C=O) groups excluding carboxylic acids is 1. The molecule has 0 aliphatic heterocycles. The molecule has 1 aromatic carbocycles. The Morgan fingerprint density at radius 2 is 2.29 bits per heavy atom. The van der Waals surface area contributed by atoms with E-state index >= 15 is 0 Å². The summed E-state index contributed by atoms with van der Waals surface area (Å²) in [6, 6.07) is 2.84. The Kier molecular flexibility index (Phi) is 3.30. The van der Waals surface area contributed by atoms with Gasteiger partial charge in [0.1, 0.15) is 0 Å². The van der Waals surface area contributed by atoms with E-state index in [2.05, 4.69) is 4.94 Å². The molecule has 0 aliphatic carbocycles. The van der Waals surface area contributed by atoms with Crippen molar-refractivity contribution in [2.75, 3.05) is 5.73 Å². The minimum atomic E-state index is -1.11. The molecule has 3 nitrogen and oxygen atoms in total. The molecular weight excluding hydrogens is 209 g/mol. The highest BCUT2D eigenvalue weighted by Gasteiger charge is 2.14. The number of aryl methyl sites for hydroxylation is 1. The third kappa shape index (κ3) is 1.96. The van der Waals surface area contributed by atoms with Crippen LogP contribution in [0.25, 0.3) is 0 Å². The first-order chi connectivity index (χ1) is 6.60. The van der Waals surface area contributed by atoms with Gasteiger partial charge in [-0.05, 0) is 24.1 Å². The Bertz CT molecular complexity index is 368. The van der Waals surface area contributed by atoms with Crippen LogP contribution in [0.3, 0.4) is 0 Å². The molecule has 0 saturated carbocycles. The molecule has 1 rings (SSSR count). The molecule has 0 atom stereocenters. The molecule has 0 bridgehead atoms. The van der Waals surface area contributed by atoms with E-state index in [9.17, 15) is 9.32 Å². The van der Waals surface area contributed by atoms with Crippen LogP contribution in [0, 0.1) is 0 Å². The van der Waals surface area contributed by atoms with Gasteiger partial charge in [-0.15, -0.1) is 0 Å². The van der Waals surface area contributed by atoms with Gasteiger partial charge in [0.05, 0.1) is 10.6 Å². The number of nitrogen functional groups attached to an aromatic ring is 1. The van der Waals surface area contributed by atoms with Crippen LogP contribution >= 0.6 is 11.6 Å². The summed E-state index contributed by atoms with van der Waals surface area (Å²) in [7, 11) is 0. The van der Waals surface area contributed by atoms with E-state index in [1.54, 1.807) is 0 Å². The van der Waals surface area contributed by atoms with Gasteiger partial charge >= 0.3 is 5.97 Å². The van der Waals surface area contributed by atoms with Gasteiger partial charge in [0.25, 0.3) is 0 Å². The van der Waals surface area contributed by atoms with Gasteiger partial charge in [-0.2, -0.15) is 0 Å². The molecule has 0 saturated heterocycles. The molecule has 0 fully saturated rings. The lowest BCUT2D eigenvalue weighted by Gasteiger charge is -2.06. The van der Waals surface area contributed by atoms with Crippen LogP contribution in [0.5, 0.6) is 0 Å². The molecule has 14 heavy (non-hydrogen) atoms. The van der Waals surface area contributed by atoms with Crippen molar-refractivity contribution >= 4 is 23.3 Å². The van der Waals surface area contributed by atoms with Crippen molar-refractivity contribution in [3.8, 4) is 0 Å². The molecule has 0 aromatic heterocycles. The Balaban J connectivity index is 3.24. The molecule has 0 aliphatic rings. The summed E-state index contributed by atoms with van der Waals surface area (Å²) in [6.45, 7) is 1.87. The molecule has 5 heteroatoms. The SMILES string of the molecule is CCc1cc(C(=O)OF)c(Cl)cc1N. The van der Waals surface area contributed by atoms with Gasteiger partial charge in [0, 0.05) is 10.2 Å². The molecule has 0 heterocycles. The van der Waals surface area contributed by atoms with E-state index in [-0.39, 0.29) is 10.6 Å². The number of hydrogen-bond acceptors (Lipinski definition) is 3. The highest BCUT2D eigenvalue weighted by atomic mass is 35.5. The van der Waals surface area contributed by atoms with Gasteiger partial charge in [-0.3, -0.25) is 0 Å². The second kappa shape index (κ2) is 4.28. The third-order valence-corrected chi connectivity index (χ3v) is 2.21. The first-order valence-corrected chi connectivity index (χ1v) is 4.38. The number of carbonyl (C=O) groups is 1. The first kappa shape index (κ1) is 10.8. The van der Waals surface area contributed by atoms with Gasteiger partial charge in [-0.25, -0.2) is 9.74 Å². The average Bonchev–Trinajstić information content (AvgIpc) is 2.17. The van der Waals surface area contributed by atoms with Crippen molar-refractivity contribution in [1.82, 2.24) is 0 Å². The predicted molar refractivity (Wildman–Crippen MR) is 51.8 cm³/mol. The number of hydrogen-bond donors (Lipinski definition) is 1. The Labute approximate surface area is 85.5 Å². The normalized spacial score (nSPS) is 9.93. The minimum absolute atomic E-state index is 0.0137. The van der Waals surface area contributed by atoms with Crippen LogP contribution < -0.4 is 5.73 Å². The van der Waals surface area contributed by atoms with Crippen LogP contribution in [0.4, 0.5) is 10.2 Å². The van der Waals surface area contributed by atoms with Crippen molar-refractivity contribution in [2.45, 2.75) is 13.3 Å². The van der Waals surface area contributed by atoms with E-state index in [0.29, 0.717) is 12.1 Å². The molecule has 0 unspecified atom stereocenters. The smallest absolute Gasteiger partial charge is 0.381 e. The van der Waals surface area contributed by atoms with Crippen LogP contribution in [-0.4, -0.2) is 5.97 Å². The quantitative estimate of drug-likeness (QED) is 0.775. The van der Waals surface area contributed by atoms with Crippen molar-refractivity contribution < 1.29 is 14.3 Å². The number of rotatable bonds is 2. The molecule has 0 amide bonds. The number of nitrogens with two attached hydrogens (primary N) is 1. The average molecular weight is 218 g/mol. The van der Waals surface area contributed by atoms with E-state index in [0.717, 1.165) is 5.56 Å². The van der Waals surface area contributed by atoms with Gasteiger partial charge in [-0.1, -0.05) is 18.5 Å². The lowest BCUT2D eigenvalue weighted by atomic mass is 10.1. The lowest BCUT2D eigenvalue weighted by molar-refractivity contribution is -0.0787. The van der Waals surface area contributed by atoms with Crippen LogP contribution in [0.15, 0.2) is 12.1 Å². The summed E-state index contributed by atoms with van der Waals surface area (Å²) in [5.41, 5.74) is 6.81. The van der Waals surface area contributed by atoms with E-state index in [4.69, 9.17) is 17.3 Å². The summed E-state index contributed by atoms with van der Waals surface area (Å²) in [6.07, 6.45) is 0.634. The van der Waals surface area contributed by atoms with Crippen LogP contribution in [0.2, 0.25) is 5.02 Å². The Morgan fingerprint density at radius 1 is 1.64 bits per heavy atom. The predicted octanol–water partition coefficient (Wildman–Crippen LogP) is 2.53. The van der Waals surface area contributed by atoms with Crippen LogP contribution in [0.1, 0.15) is 22.8 Å². The largest absolute Gasteiger partial charge is 0.398 e. The third-order valence-electron chi connectivity index (χ3n) is 1.90. The van der Waals surface area contributed by atoms with Gasteiger partial charge in [0.15, 0.2) is 0 Å². The van der Waals surface area contributed by atoms with Gasteiger partial charge in [0.2, 0.25) is 0 Å². The van der Waals surface area contributed by atoms with E-state index in [1.165, 1.54) is 12.1 Å². The second-order valence-corrected chi connectivity index (χ2v) is 3.16. The van der Waals surface area contributed by atoms with Crippen molar-refractivity contribution in [3.63, 3.8) is 0 Å². The van der Waals surface area contributed by atoms with Crippen molar-refractivity contribution in [3.05, 3.63) is 28.3 Å². The maximum Gasteiger partial charge on any atom is 0.381 e. The number of halogens is 2. The highest BCUT2D eigenvalue weighted by Crippen LogP contribution is 2.24. The van der Waals surface area contributed by atoms with Crippen molar-refractivity contribution in [2.24, 2.45) is 0 Å². The highest BCUT2D eigenvalue weighted by molar-refractivity contribution is 6.33. The zero-order valence-corrected chi connectivity index (χ0v) is 8.27. The molecular formula is C9H9ClFNO2. The Hall–Kier alpha value is -1.29. The summed E-state index contributed by atoms with van der Waals surface area (Å²) in [5, 5.41) is 0.0855. The molecule has 2 N–H and O–H groups in total. The maximum atomic E-state index is 11.6. The molecule has 76 valence electrons. The standard InChI is InChI=1S/C9H9ClFNO2/c1-2-5-3-6(9(13)14-11)7(10)4-8(5)12/h3-4H,2,12H2,1H3. The molecule has 0 spiro atoms. The lowest BCUT2D eigenvalue weighted by Crippen LogP contribution is -2.03. The maximum absolute atomic E-state index is 11.6. The van der Waals surface area contributed by atoms with E-state index in [1.807, 2.05) is 6.92 Å². The second-order valence-electron chi connectivity index (χ2n) is 2.75. The monoisotopic (exact) mass is 217 g/mol. The summed E-state index contributed by atoms with van der Waals surface area (Å²) in [4.78, 5) is 14.0. The van der Waals surface area contributed by atoms with Gasteiger partial charge < -0.3 is 5.73 Å². The first-order valence-electron chi connectivity index (χ1n) is 4.01.